The predicted octanol–water partition coefficient (Wildman–Crippen LogP) is 4.18. The van der Waals surface area contributed by atoms with Crippen molar-refractivity contribution >= 4 is 21.6 Å². The molecule has 1 atom stereocenters. The quantitative estimate of drug-likeness (QED) is 0.286. The molecule has 2 N–H and O–H groups in total. The Balaban J connectivity index is 1.79. The average molecular weight is 572 g/mol. The van der Waals surface area contributed by atoms with Gasteiger partial charge in [-0.1, -0.05) is 17.7 Å². The zero-order valence-corrected chi connectivity index (χ0v) is 23.9. The Morgan fingerprint density at radius 2 is 1.90 bits per heavy atom. The van der Waals surface area contributed by atoms with E-state index in [1.807, 2.05) is 19.1 Å². The fourth-order valence-corrected chi connectivity index (χ4v) is 5.81. The molecule has 3 aromatic rings. The lowest BCUT2D eigenvalue weighted by atomic mass is 10.1. The number of nitrogens with zero attached hydrogens (tertiary/aromatic N) is 3. The van der Waals surface area contributed by atoms with Crippen LogP contribution in [0.1, 0.15) is 55.2 Å². The molecule has 2 aromatic carbocycles. The monoisotopic (exact) mass is 571 g/mol. The molecule has 0 aliphatic carbocycles. The number of non-ortho nitro benzene ring substituents is 1. The summed E-state index contributed by atoms with van der Waals surface area (Å²) in [6.45, 7) is 9.51. The van der Waals surface area contributed by atoms with E-state index in [0.717, 1.165) is 30.5 Å². The molecule has 0 bridgehead atoms. The molecule has 4 rings (SSSR count). The Morgan fingerprint density at radius 1 is 1.20 bits per heavy atom. The van der Waals surface area contributed by atoms with Gasteiger partial charge in [-0.2, -0.15) is 9.78 Å². The molecule has 1 unspecified atom stereocenters. The van der Waals surface area contributed by atoms with Crippen LogP contribution in [0.5, 0.6) is 11.6 Å². The van der Waals surface area contributed by atoms with Crippen LogP contribution in [-0.4, -0.2) is 53.8 Å². The number of sulfonamides is 1. The summed E-state index contributed by atoms with van der Waals surface area (Å²) in [7, 11) is -4.25. The Bertz CT molecular complexity index is 1520. The van der Waals surface area contributed by atoms with Gasteiger partial charge in [-0.25, -0.2) is 13.1 Å². The SMILES string of the molecule is Cc1ccc(-n2nc(C(=O)NCC3CCCO3)c(C)c2Oc2ccc([N+](=O)[O-])cc2S(=O)(=O)NC(C)(C)C)cc1. The van der Waals surface area contributed by atoms with Crippen LogP contribution in [0, 0.1) is 24.0 Å². The lowest BCUT2D eigenvalue weighted by molar-refractivity contribution is -0.385. The highest BCUT2D eigenvalue weighted by Crippen LogP contribution is 2.36. The maximum absolute atomic E-state index is 13.3. The molecule has 214 valence electrons. The van der Waals surface area contributed by atoms with Crippen molar-refractivity contribution in [3.8, 4) is 17.3 Å². The van der Waals surface area contributed by atoms with E-state index in [0.29, 0.717) is 24.4 Å². The van der Waals surface area contributed by atoms with Gasteiger partial charge >= 0.3 is 0 Å². The van der Waals surface area contributed by atoms with Crippen molar-refractivity contribution in [2.24, 2.45) is 0 Å². The van der Waals surface area contributed by atoms with Crippen molar-refractivity contribution in [3.63, 3.8) is 0 Å². The van der Waals surface area contributed by atoms with E-state index in [1.54, 1.807) is 39.8 Å². The topological polar surface area (TPSA) is 155 Å². The normalized spacial score (nSPS) is 15.7. The number of amides is 1. The Hall–Kier alpha value is -3.81. The third-order valence-electron chi connectivity index (χ3n) is 6.15. The number of nitro groups is 1. The highest BCUT2D eigenvalue weighted by Gasteiger charge is 2.30. The Morgan fingerprint density at radius 3 is 2.50 bits per heavy atom. The number of benzene rings is 2. The molecule has 1 fully saturated rings. The van der Waals surface area contributed by atoms with Gasteiger partial charge in [-0.05, 0) is 65.7 Å². The van der Waals surface area contributed by atoms with E-state index < -0.39 is 37.0 Å². The molecule has 0 saturated carbocycles. The molecule has 1 aliphatic rings. The van der Waals surface area contributed by atoms with E-state index in [1.165, 1.54) is 10.7 Å². The highest BCUT2D eigenvalue weighted by molar-refractivity contribution is 7.89. The van der Waals surface area contributed by atoms with Crippen LogP contribution in [-0.2, 0) is 14.8 Å². The number of carbonyl (C=O) groups is 1. The van der Waals surface area contributed by atoms with Crippen LogP contribution in [0.4, 0.5) is 5.69 Å². The van der Waals surface area contributed by atoms with Crippen molar-refractivity contribution in [2.45, 2.75) is 64.0 Å². The molecule has 0 spiro atoms. The Kier molecular flexibility index (Phi) is 8.28. The molecule has 1 saturated heterocycles. The number of nitro benzene ring substituents is 1. The summed E-state index contributed by atoms with van der Waals surface area (Å²) < 4.78 is 42.3. The summed E-state index contributed by atoms with van der Waals surface area (Å²) in [5.41, 5.74) is 0.736. The van der Waals surface area contributed by atoms with Gasteiger partial charge in [-0.3, -0.25) is 14.9 Å². The van der Waals surface area contributed by atoms with Crippen molar-refractivity contribution in [3.05, 3.63) is 69.4 Å². The predicted molar refractivity (Wildman–Crippen MR) is 148 cm³/mol. The van der Waals surface area contributed by atoms with Crippen molar-refractivity contribution in [2.75, 3.05) is 13.2 Å². The van der Waals surface area contributed by atoms with Crippen molar-refractivity contribution in [1.29, 1.82) is 0 Å². The largest absolute Gasteiger partial charge is 0.437 e. The molecule has 1 aliphatic heterocycles. The number of hydrogen-bond acceptors (Lipinski definition) is 8. The first-order valence-corrected chi connectivity index (χ1v) is 14.3. The van der Waals surface area contributed by atoms with Crippen LogP contribution in [0.3, 0.4) is 0 Å². The van der Waals surface area contributed by atoms with Crippen LogP contribution >= 0.6 is 0 Å². The number of carbonyl (C=O) groups excluding carboxylic acids is 1. The van der Waals surface area contributed by atoms with Gasteiger partial charge in [-0.15, -0.1) is 0 Å². The standard InChI is InChI=1S/C27H33N5O7S/c1-17-8-10-19(11-9-17)31-26(18(2)24(29-31)25(33)28-16-21-7-6-14-38-21)39-22-13-12-20(32(34)35)15-23(22)40(36,37)30-27(3,4)5/h8-13,15,21,30H,6-7,14,16H2,1-5H3,(H,28,33). The molecule has 2 heterocycles. The number of ether oxygens (including phenoxy) is 2. The van der Waals surface area contributed by atoms with Gasteiger partial charge in [0.15, 0.2) is 5.69 Å². The number of aryl methyl sites for hydroxylation is 1. The second-order valence-electron chi connectivity index (χ2n) is 10.7. The van der Waals surface area contributed by atoms with Gasteiger partial charge in [0, 0.05) is 36.4 Å². The zero-order valence-electron chi connectivity index (χ0n) is 23.1. The first kappa shape index (κ1) is 29.2. The fraction of sp³-hybridized carbons (Fsp3) is 0.407. The summed E-state index contributed by atoms with van der Waals surface area (Å²) in [4.78, 5) is 23.5. The lowest BCUT2D eigenvalue weighted by Gasteiger charge is -2.21. The maximum atomic E-state index is 13.3. The molecule has 40 heavy (non-hydrogen) atoms. The minimum absolute atomic E-state index is 0.0673. The zero-order chi connectivity index (χ0) is 29.2. The van der Waals surface area contributed by atoms with Crippen LogP contribution in [0.15, 0.2) is 47.4 Å². The minimum atomic E-state index is -4.25. The molecule has 12 nitrogen and oxygen atoms in total. The molecule has 13 heteroatoms. The number of aromatic nitrogens is 2. The van der Waals surface area contributed by atoms with Gasteiger partial charge in [0.1, 0.15) is 10.6 Å². The average Bonchev–Trinajstić information content (AvgIpc) is 3.50. The maximum Gasteiger partial charge on any atom is 0.272 e. The van der Waals surface area contributed by atoms with Gasteiger partial charge in [0.2, 0.25) is 15.9 Å². The Labute approximate surface area is 232 Å². The van der Waals surface area contributed by atoms with Crippen LogP contribution < -0.4 is 14.8 Å². The summed E-state index contributed by atoms with van der Waals surface area (Å²) >= 11 is 0. The van der Waals surface area contributed by atoms with Crippen LogP contribution in [0.25, 0.3) is 5.69 Å². The molecular weight excluding hydrogens is 538 g/mol. The summed E-state index contributed by atoms with van der Waals surface area (Å²) in [5, 5.41) is 18.8. The second kappa shape index (κ2) is 11.4. The number of nitrogens with one attached hydrogen (secondary N) is 2. The van der Waals surface area contributed by atoms with Gasteiger partial charge < -0.3 is 14.8 Å². The molecule has 0 radical (unpaired) electrons. The number of rotatable bonds is 9. The van der Waals surface area contributed by atoms with Gasteiger partial charge in [0.25, 0.3) is 11.6 Å². The van der Waals surface area contributed by atoms with E-state index in [9.17, 15) is 23.3 Å². The smallest absolute Gasteiger partial charge is 0.272 e. The summed E-state index contributed by atoms with van der Waals surface area (Å²) in [6.07, 6.45) is 1.72. The second-order valence-corrected chi connectivity index (χ2v) is 12.4. The third-order valence-corrected chi connectivity index (χ3v) is 7.93. The van der Waals surface area contributed by atoms with Crippen molar-refractivity contribution < 1.29 is 27.6 Å². The van der Waals surface area contributed by atoms with Gasteiger partial charge in [0.05, 0.1) is 16.7 Å². The van der Waals surface area contributed by atoms with E-state index >= 15 is 0 Å². The van der Waals surface area contributed by atoms with Crippen LogP contribution in [0.2, 0.25) is 0 Å². The third kappa shape index (κ3) is 6.66. The first-order valence-electron chi connectivity index (χ1n) is 12.8. The first-order chi connectivity index (χ1) is 18.7. The molecular formula is C27H33N5O7S. The summed E-state index contributed by atoms with van der Waals surface area (Å²) in [6, 6.07) is 10.6. The molecule has 1 amide bonds. The van der Waals surface area contributed by atoms with E-state index in [2.05, 4.69) is 15.1 Å². The fourth-order valence-electron chi connectivity index (χ4n) is 4.24. The lowest BCUT2D eigenvalue weighted by Crippen LogP contribution is -2.40. The van der Waals surface area contributed by atoms with E-state index in [4.69, 9.17) is 9.47 Å². The summed E-state index contributed by atoms with van der Waals surface area (Å²) in [5.74, 6) is -0.508. The highest BCUT2D eigenvalue weighted by atomic mass is 32.2. The number of hydrogen-bond donors (Lipinski definition) is 2. The minimum Gasteiger partial charge on any atom is -0.437 e. The molecule has 1 aromatic heterocycles. The van der Waals surface area contributed by atoms with Crippen molar-refractivity contribution in [1.82, 2.24) is 19.8 Å². The van der Waals surface area contributed by atoms with E-state index in [-0.39, 0.29) is 23.4 Å².